The predicted octanol–water partition coefficient (Wildman–Crippen LogP) is 2.51. The third kappa shape index (κ3) is 2.79. The van der Waals surface area contributed by atoms with Crippen LogP contribution in [0.25, 0.3) is 0 Å². The molecule has 0 aliphatic heterocycles. The van der Waals surface area contributed by atoms with E-state index in [0.29, 0.717) is 11.8 Å². The molecule has 2 aromatic rings. The van der Waals surface area contributed by atoms with Crippen molar-refractivity contribution in [2.75, 3.05) is 0 Å². The van der Waals surface area contributed by atoms with Crippen molar-refractivity contribution in [2.45, 2.75) is 6.61 Å². The van der Waals surface area contributed by atoms with Crippen LogP contribution in [0.4, 0.5) is 4.39 Å². The van der Waals surface area contributed by atoms with E-state index in [9.17, 15) is 14.0 Å². The number of halogens is 1. The number of hydrogen-bond donors (Lipinski definition) is 1. The number of aldehydes is 1. The summed E-state index contributed by atoms with van der Waals surface area (Å²) >= 11 is 0. The molecule has 0 saturated carbocycles. The largest absolute Gasteiger partial charge is 0.486 e. The Morgan fingerprint density at radius 3 is 2.84 bits per heavy atom. The van der Waals surface area contributed by atoms with E-state index in [2.05, 4.69) is 0 Å². The lowest BCUT2D eigenvalue weighted by atomic mass is 10.2. The summed E-state index contributed by atoms with van der Waals surface area (Å²) in [5.41, 5.74) is 0.491. The number of hydrogen-bond acceptors (Lipinski definition) is 4. The Kier molecular flexibility index (Phi) is 3.61. The summed E-state index contributed by atoms with van der Waals surface area (Å²) in [7, 11) is 0. The second-order valence-electron chi connectivity index (χ2n) is 3.68. The molecule has 0 aliphatic carbocycles. The zero-order valence-corrected chi connectivity index (χ0v) is 9.63. The number of rotatable bonds is 5. The number of carboxylic acid groups (broad SMARTS) is 1. The topological polar surface area (TPSA) is 76.7 Å². The van der Waals surface area contributed by atoms with Gasteiger partial charge in [0.2, 0.25) is 5.76 Å². The quantitative estimate of drug-likeness (QED) is 0.839. The monoisotopic (exact) mass is 264 g/mol. The summed E-state index contributed by atoms with van der Waals surface area (Å²) in [4.78, 5) is 21.2. The van der Waals surface area contributed by atoms with Gasteiger partial charge in [0, 0.05) is 11.1 Å². The molecule has 1 N–H and O–H groups in total. The average molecular weight is 264 g/mol. The molecule has 19 heavy (non-hydrogen) atoms. The Morgan fingerprint density at radius 1 is 1.42 bits per heavy atom. The van der Waals surface area contributed by atoms with Crippen LogP contribution in [0.15, 0.2) is 34.9 Å². The molecule has 0 saturated heterocycles. The maximum atomic E-state index is 13.5. The number of ether oxygens (including phenoxy) is 1. The molecule has 0 aliphatic rings. The highest BCUT2D eigenvalue weighted by Gasteiger charge is 2.15. The van der Waals surface area contributed by atoms with Crippen LogP contribution < -0.4 is 4.74 Å². The van der Waals surface area contributed by atoms with Gasteiger partial charge in [-0.3, -0.25) is 4.79 Å². The van der Waals surface area contributed by atoms with Crippen LogP contribution in [0, 0.1) is 5.82 Å². The van der Waals surface area contributed by atoms with Crippen LogP contribution >= 0.6 is 0 Å². The van der Waals surface area contributed by atoms with E-state index < -0.39 is 11.8 Å². The fraction of sp³-hybridized carbons (Fsp3) is 0.0769. The van der Waals surface area contributed by atoms with Gasteiger partial charge >= 0.3 is 5.97 Å². The van der Waals surface area contributed by atoms with Gasteiger partial charge in [0.05, 0.1) is 6.26 Å². The molecule has 0 radical (unpaired) electrons. The first-order valence-corrected chi connectivity index (χ1v) is 5.29. The molecular formula is C13H9FO5. The highest BCUT2D eigenvalue weighted by Crippen LogP contribution is 2.20. The number of carbonyl (C=O) groups excluding carboxylic acids is 1. The van der Waals surface area contributed by atoms with E-state index in [1.165, 1.54) is 24.5 Å². The number of furan rings is 1. The Hall–Kier alpha value is -2.63. The van der Waals surface area contributed by atoms with Crippen molar-refractivity contribution in [3.8, 4) is 5.75 Å². The minimum absolute atomic E-state index is 0.0665. The summed E-state index contributed by atoms with van der Waals surface area (Å²) in [6, 6.07) is 5.18. The smallest absolute Gasteiger partial charge is 0.372 e. The van der Waals surface area contributed by atoms with E-state index in [-0.39, 0.29) is 23.7 Å². The zero-order chi connectivity index (χ0) is 13.8. The van der Waals surface area contributed by atoms with Crippen molar-refractivity contribution in [1.82, 2.24) is 0 Å². The first-order valence-electron chi connectivity index (χ1n) is 5.29. The van der Waals surface area contributed by atoms with Crippen LogP contribution in [-0.4, -0.2) is 17.4 Å². The van der Waals surface area contributed by atoms with Gasteiger partial charge in [-0.1, -0.05) is 0 Å². The summed E-state index contributed by atoms with van der Waals surface area (Å²) < 4.78 is 23.4. The van der Waals surface area contributed by atoms with Crippen LogP contribution in [-0.2, 0) is 6.61 Å². The lowest BCUT2D eigenvalue weighted by Crippen LogP contribution is -2.03. The summed E-state index contributed by atoms with van der Waals surface area (Å²) in [5, 5.41) is 8.81. The molecule has 0 bridgehead atoms. The summed E-state index contributed by atoms with van der Waals surface area (Å²) in [6.45, 7) is -0.143. The normalized spacial score (nSPS) is 10.2. The second-order valence-corrected chi connectivity index (χ2v) is 3.68. The third-order valence-corrected chi connectivity index (χ3v) is 2.42. The van der Waals surface area contributed by atoms with Crippen molar-refractivity contribution < 1.29 is 28.2 Å². The predicted molar refractivity (Wildman–Crippen MR) is 61.8 cm³/mol. The van der Waals surface area contributed by atoms with Crippen molar-refractivity contribution in [3.63, 3.8) is 0 Å². The molecular weight excluding hydrogens is 255 g/mol. The lowest BCUT2D eigenvalue weighted by molar-refractivity contribution is 0.0658. The molecule has 0 unspecified atom stereocenters. The fourth-order valence-electron chi connectivity index (χ4n) is 1.50. The highest BCUT2D eigenvalue weighted by molar-refractivity contribution is 5.86. The zero-order valence-electron chi connectivity index (χ0n) is 9.63. The molecule has 98 valence electrons. The Bertz CT molecular complexity index is 617. The van der Waals surface area contributed by atoms with E-state index in [1.807, 2.05) is 0 Å². The Balaban J connectivity index is 2.12. The van der Waals surface area contributed by atoms with Crippen molar-refractivity contribution >= 4 is 12.3 Å². The van der Waals surface area contributed by atoms with E-state index in [4.69, 9.17) is 14.3 Å². The van der Waals surface area contributed by atoms with Gasteiger partial charge in [-0.15, -0.1) is 0 Å². The minimum Gasteiger partial charge on any atom is -0.486 e. The van der Waals surface area contributed by atoms with Gasteiger partial charge in [0.25, 0.3) is 0 Å². The van der Waals surface area contributed by atoms with Crippen LogP contribution in [0.3, 0.4) is 0 Å². The van der Waals surface area contributed by atoms with Crippen LogP contribution in [0.2, 0.25) is 0 Å². The maximum Gasteiger partial charge on any atom is 0.372 e. The molecule has 2 rings (SSSR count). The van der Waals surface area contributed by atoms with Gasteiger partial charge in [0.1, 0.15) is 12.9 Å². The van der Waals surface area contributed by atoms with Crippen LogP contribution in [0.5, 0.6) is 5.75 Å². The fourth-order valence-corrected chi connectivity index (χ4v) is 1.50. The van der Waals surface area contributed by atoms with E-state index in [0.717, 1.165) is 6.07 Å². The minimum atomic E-state index is -1.22. The molecule has 6 heteroatoms. The summed E-state index contributed by atoms with van der Waals surface area (Å²) in [6.07, 6.45) is 1.74. The Morgan fingerprint density at radius 2 is 2.21 bits per heavy atom. The first-order chi connectivity index (χ1) is 9.11. The average Bonchev–Trinajstić information content (AvgIpc) is 2.85. The molecule has 0 spiro atoms. The van der Waals surface area contributed by atoms with Crippen molar-refractivity contribution in [2.24, 2.45) is 0 Å². The van der Waals surface area contributed by atoms with Gasteiger partial charge in [-0.05, 0) is 24.3 Å². The second kappa shape index (κ2) is 5.34. The molecule has 1 aromatic heterocycles. The van der Waals surface area contributed by atoms with Gasteiger partial charge in [-0.2, -0.15) is 0 Å². The highest BCUT2D eigenvalue weighted by atomic mass is 19.1. The third-order valence-electron chi connectivity index (χ3n) is 2.42. The van der Waals surface area contributed by atoms with Gasteiger partial charge in [-0.25, -0.2) is 9.18 Å². The van der Waals surface area contributed by atoms with Gasteiger partial charge < -0.3 is 14.3 Å². The molecule has 1 heterocycles. The van der Waals surface area contributed by atoms with Crippen molar-refractivity contribution in [3.05, 3.63) is 53.2 Å². The SMILES string of the molecule is O=Cc1ccc(OCc2ccoc2C(=O)O)c(F)c1. The Labute approximate surface area is 107 Å². The molecule has 5 nitrogen and oxygen atoms in total. The number of benzene rings is 1. The first kappa shape index (κ1) is 12.8. The van der Waals surface area contributed by atoms with Crippen LogP contribution in [0.1, 0.15) is 26.5 Å². The number of carbonyl (C=O) groups is 2. The molecule has 0 fully saturated rings. The van der Waals surface area contributed by atoms with Gasteiger partial charge in [0.15, 0.2) is 11.6 Å². The standard InChI is InChI=1S/C13H9FO5/c14-10-5-8(6-15)1-2-11(10)19-7-9-3-4-18-12(9)13(16)17/h1-6H,7H2,(H,16,17). The molecule has 0 atom stereocenters. The number of carboxylic acids is 1. The maximum absolute atomic E-state index is 13.5. The van der Waals surface area contributed by atoms with Crippen molar-refractivity contribution in [1.29, 1.82) is 0 Å². The van der Waals surface area contributed by atoms with E-state index >= 15 is 0 Å². The molecule has 1 aromatic carbocycles. The summed E-state index contributed by atoms with van der Waals surface area (Å²) in [5.74, 6) is -2.22. The lowest BCUT2D eigenvalue weighted by Gasteiger charge is -2.06. The number of aromatic carboxylic acids is 1. The molecule has 0 amide bonds. The van der Waals surface area contributed by atoms with E-state index in [1.54, 1.807) is 0 Å².